The number of carbonyl (C=O) groups is 2. The van der Waals surface area contributed by atoms with Crippen LogP contribution in [0.5, 0.6) is 0 Å². The number of rotatable bonds is 6. The van der Waals surface area contributed by atoms with Gasteiger partial charge in [-0.2, -0.15) is 5.10 Å². The van der Waals surface area contributed by atoms with E-state index in [4.69, 9.17) is 0 Å². The fourth-order valence-electron chi connectivity index (χ4n) is 3.23. The summed E-state index contributed by atoms with van der Waals surface area (Å²) in [6, 6.07) is 11.2. The van der Waals surface area contributed by atoms with Gasteiger partial charge in [-0.25, -0.2) is 14.1 Å². The molecule has 0 aliphatic carbocycles. The van der Waals surface area contributed by atoms with E-state index < -0.39 is 11.3 Å². The second-order valence-electron chi connectivity index (χ2n) is 6.83. The van der Waals surface area contributed by atoms with Crippen molar-refractivity contribution in [2.75, 3.05) is 5.75 Å². The fraction of sp³-hybridized carbons (Fsp3) is 0.238. The smallest absolute Gasteiger partial charge is 0.243 e. The Balaban J connectivity index is 1.34. The first kappa shape index (κ1) is 20.1. The standard InChI is InChI=1S/C21H20FN5O2S/c22-16-7-2-1-5-14(16)11-18-21(29)26-17(13-30-18)20(28)24-12-15-6-3-8-23-19(15)27-10-4-9-25-27/h1-10,17-18H,11-13H2,(H,24,28)(H,26,29). The van der Waals surface area contributed by atoms with Crippen LogP contribution in [0.25, 0.3) is 5.82 Å². The molecule has 2 N–H and O–H groups in total. The summed E-state index contributed by atoms with van der Waals surface area (Å²) in [5.74, 6) is 0.212. The predicted molar refractivity (Wildman–Crippen MR) is 111 cm³/mol. The SMILES string of the molecule is O=C(NCc1cccnc1-n1cccn1)C1CSC(Cc2ccccc2F)C(=O)N1. The first-order chi connectivity index (χ1) is 14.6. The van der Waals surface area contributed by atoms with Crippen LogP contribution in [0, 0.1) is 5.82 Å². The molecule has 0 radical (unpaired) electrons. The average molecular weight is 425 g/mol. The van der Waals surface area contributed by atoms with Gasteiger partial charge >= 0.3 is 0 Å². The van der Waals surface area contributed by atoms with E-state index in [-0.39, 0.29) is 24.2 Å². The van der Waals surface area contributed by atoms with Gasteiger partial charge in [0.2, 0.25) is 11.8 Å². The van der Waals surface area contributed by atoms with Crippen molar-refractivity contribution >= 4 is 23.6 Å². The van der Waals surface area contributed by atoms with E-state index in [1.807, 2.05) is 6.07 Å². The van der Waals surface area contributed by atoms with Crippen molar-refractivity contribution < 1.29 is 14.0 Å². The van der Waals surface area contributed by atoms with Crippen LogP contribution in [0.3, 0.4) is 0 Å². The number of hydrogen-bond acceptors (Lipinski definition) is 5. The lowest BCUT2D eigenvalue weighted by atomic mass is 10.1. The molecule has 2 amide bonds. The molecule has 154 valence electrons. The Morgan fingerprint density at radius 2 is 2.03 bits per heavy atom. The van der Waals surface area contributed by atoms with Crippen molar-refractivity contribution in [1.29, 1.82) is 0 Å². The molecular weight excluding hydrogens is 405 g/mol. The van der Waals surface area contributed by atoms with Crippen LogP contribution in [0.1, 0.15) is 11.1 Å². The molecule has 30 heavy (non-hydrogen) atoms. The number of aromatic nitrogens is 3. The highest BCUT2D eigenvalue weighted by Gasteiger charge is 2.32. The summed E-state index contributed by atoms with van der Waals surface area (Å²) in [4.78, 5) is 29.4. The Labute approximate surface area is 177 Å². The lowest BCUT2D eigenvalue weighted by Crippen LogP contribution is -2.54. The average Bonchev–Trinajstić information content (AvgIpc) is 3.30. The van der Waals surface area contributed by atoms with Crippen molar-refractivity contribution in [3.05, 3.63) is 78.0 Å². The summed E-state index contributed by atoms with van der Waals surface area (Å²) in [6.07, 6.45) is 5.39. The summed E-state index contributed by atoms with van der Waals surface area (Å²) in [5, 5.41) is 9.37. The number of thioether (sulfide) groups is 1. The predicted octanol–water partition coefficient (Wildman–Crippen LogP) is 1.87. The Bertz CT molecular complexity index is 1040. The zero-order valence-electron chi connectivity index (χ0n) is 16.0. The molecule has 1 fully saturated rings. The molecule has 9 heteroatoms. The van der Waals surface area contributed by atoms with E-state index >= 15 is 0 Å². The van der Waals surface area contributed by atoms with Crippen molar-refractivity contribution in [3.63, 3.8) is 0 Å². The third kappa shape index (κ3) is 4.51. The molecule has 0 saturated carbocycles. The highest BCUT2D eigenvalue weighted by atomic mass is 32.2. The Kier molecular flexibility index (Phi) is 6.08. The van der Waals surface area contributed by atoms with Gasteiger partial charge in [-0.1, -0.05) is 24.3 Å². The van der Waals surface area contributed by atoms with Gasteiger partial charge in [0.15, 0.2) is 5.82 Å². The molecule has 4 rings (SSSR count). The first-order valence-electron chi connectivity index (χ1n) is 9.49. The molecule has 1 aliphatic rings. The van der Waals surface area contributed by atoms with Gasteiger partial charge in [-0.05, 0) is 30.2 Å². The second-order valence-corrected chi connectivity index (χ2v) is 8.07. The van der Waals surface area contributed by atoms with E-state index in [0.29, 0.717) is 23.6 Å². The molecule has 2 atom stereocenters. The number of amides is 2. The normalized spacial score (nSPS) is 18.6. The van der Waals surface area contributed by atoms with Crippen LogP contribution in [-0.4, -0.2) is 43.6 Å². The van der Waals surface area contributed by atoms with Crippen molar-refractivity contribution in [2.24, 2.45) is 0 Å². The summed E-state index contributed by atoms with van der Waals surface area (Å²) >= 11 is 1.37. The molecule has 7 nitrogen and oxygen atoms in total. The lowest BCUT2D eigenvalue weighted by Gasteiger charge is -2.28. The molecule has 2 aromatic heterocycles. The first-order valence-corrected chi connectivity index (χ1v) is 10.5. The number of halogens is 1. The van der Waals surface area contributed by atoms with E-state index in [1.54, 1.807) is 53.6 Å². The summed E-state index contributed by atoms with van der Waals surface area (Å²) in [6.45, 7) is 0.261. The van der Waals surface area contributed by atoms with Gasteiger partial charge in [0, 0.05) is 36.5 Å². The monoisotopic (exact) mass is 425 g/mol. The van der Waals surface area contributed by atoms with Crippen molar-refractivity contribution in [2.45, 2.75) is 24.3 Å². The highest BCUT2D eigenvalue weighted by Crippen LogP contribution is 2.23. The van der Waals surface area contributed by atoms with Gasteiger partial charge in [0.25, 0.3) is 0 Å². The largest absolute Gasteiger partial charge is 0.350 e. The second kappa shape index (κ2) is 9.08. The minimum Gasteiger partial charge on any atom is -0.350 e. The maximum Gasteiger partial charge on any atom is 0.243 e. The van der Waals surface area contributed by atoms with Gasteiger partial charge in [-0.3, -0.25) is 9.59 Å². The molecule has 1 aromatic carbocycles. The molecular formula is C21H20FN5O2S. The van der Waals surface area contributed by atoms with Crippen LogP contribution in [0.15, 0.2) is 61.1 Å². The van der Waals surface area contributed by atoms with E-state index in [2.05, 4.69) is 20.7 Å². The van der Waals surface area contributed by atoms with E-state index in [1.165, 1.54) is 17.8 Å². The van der Waals surface area contributed by atoms with Gasteiger partial charge in [0.05, 0.1) is 5.25 Å². The number of hydrogen-bond donors (Lipinski definition) is 2. The van der Waals surface area contributed by atoms with Gasteiger partial charge < -0.3 is 10.6 Å². The molecule has 3 aromatic rings. The molecule has 1 aliphatic heterocycles. The zero-order valence-corrected chi connectivity index (χ0v) is 16.8. The Morgan fingerprint density at radius 1 is 1.20 bits per heavy atom. The Hall–Kier alpha value is -3.20. The molecule has 2 unspecified atom stereocenters. The third-order valence-electron chi connectivity index (χ3n) is 4.79. The number of benzene rings is 1. The van der Waals surface area contributed by atoms with Crippen LogP contribution >= 0.6 is 11.8 Å². The number of carbonyl (C=O) groups excluding carboxylic acids is 2. The summed E-state index contributed by atoms with van der Waals surface area (Å²) in [7, 11) is 0. The van der Waals surface area contributed by atoms with Crippen LogP contribution in [0.4, 0.5) is 4.39 Å². The summed E-state index contributed by atoms with van der Waals surface area (Å²) in [5.41, 5.74) is 1.30. The third-order valence-corrected chi connectivity index (χ3v) is 6.10. The van der Waals surface area contributed by atoms with E-state index in [0.717, 1.165) is 5.56 Å². The topological polar surface area (TPSA) is 88.9 Å². The number of nitrogens with zero attached hydrogens (tertiary/aromatic N) is 3. The highest BCUT2D eigenvalue weighted by molar-refractivity contribution is 8.00. The zero-order chi connectivity index (χ0) is 20.9. The number of nitrogens with one attached hydrogen (secondary N) is 2. The maximum atomic E-state index is 13.9. The van der Waals surface area contributed by atoms with Crippen LogP contribution < -0.4 is 10.6 Å². The molecule has 0 bridgehead atoms. The van der Waals surface area contributed by atoms with Crippen molar-refractivity contribution in [3.8, 4) is 5.82 Å². The molecule has 1 saturated heterocycles. The van der Waals surface area contributed by atoms with Crippen molar-refractivity contribution in [1.82, 2.24) is 25.4 Å². The minimum atomic E-state index is -0.635. The molecule has 3 heterocycles. The van der Waals surface area contributed by atoms with Crippen LogP contribution in [-0.2, 0) is 22.6 Å². The fourth-order valence-corrected chi connectivity index (χ4v) is 4.40. The summed E-state index contributed by atoms with van der Waals surface area (Å²) < 4.78 is 15.5. The van der Waals surface area contributed by atoms with E-state index in [9.17, 15) is 14.0 Å². The Morgan fingerprint density at radius 3 is 2.80 bits per heavy atom. The number of pyridine rings is 1. The minimum absolute atomic E-state index is 0.256. The molecule has 0 spiro atoms. The quantitative estimate of drug-likeness (QED) is 0.629. The lowest BCUT2D eigenvalue weighted by molar-refractivity contribution is -0.128. The van der Waals surface area contributed by atoms with Gasteiger partial charge in [-0.15, -0.1) is 11.8 Å². The van der Waals surface area contributed by atoms with Gasteiger partial charge in [0.1, 0.15) is 11.9 Å². The van der Waals surface area contributed by atoms with Crippen LogP contribution in [0.2, 0.25) is 0 Å². The maximum absolute atomic E-state index is 13.9.